The summed E-state index contributed by atoms with van der Waals surface area (Å²) in [6.07, 6.45) is 1.36. The van der Waals surface area contributed by atoms with Crippen molar-refractivity contribution in [3.63, 3.8) is 0 Å². The van der Waals surface area contributed by atoms with Crippen molar-refractivity contribution in [2.75, 3.05) is 7.11 Å². The summed E-state index contributed by atoms with van der Waals surface area (Å²) >= 11 is 0. The number of hydrazone groups is 1. The molecular formula is C12H11N3O4. The van der Waals surface area contributed by atoms with Crippen LogP contribution < -0.4 is 10.6 Å². The van der Waals surface area contributed by atoms with Crippen molar-refractivity contribution in [3.8, 4) is 17.1 Å². The van der Waals surface area contributed by atoms with Crippen molar-refractivity contribution in [1.29, 1.82) is 0 Å². The highest BCUT2D eigenvalue weighted by Crippen LogP contribution is 2.33. The van der Waals surface area contributed by atoms with Crippen LogP contribution in [-0.4, -0.2) is 18.2 Å². The molecule has 0 spiro atoms. The van der Waals surface area contributed by atoms with Gasteiger partial charge in [-0.2, -0.15) is 5.10 Å². The van der Waals surface area contributed by atoms with Crippen LogP contribution in [0, 0.1) is 10.1 Å². The van der Waals surface area contributed by atoms with E-state index in [1.165, 1.54) is 25.5 Å². The zero-order valence-electron chi connectivity index (χ0n) is 10.1. The molecule has 0 saturated heterocycles. The Labute approximate surface area is 108 Å². The first-order valence-electron chi connectivity index (χ1n) is 5.31. The number of nitrogens with two attached hydrogens (primary N) is 1. The number of nitro benzene ring substituents is 1. The van der Waals surface area contributed by atoms with E-state index >= 15 is 0 Å². The highest BCUT2D eigenvalue weighted by atomic mass is 16.6. The van der Waals surface area contributed by atoms with Gasteiger partial charge in [-0.05, 0) is 18.2 Å². The van der Waals surface area contributed by atoms with Gasteiger partial charge in [0.15, 0.2) is 0 Å². The van der Waals surface area contributed by atoms with E-state index in [1.807, 2.05) is 0 Å². The molecule has 0 unspecified atom stereocenters. The second-order valence-corrected chi connectivity index (χ2v) is 3.62. The number of methoxy groups -OCH3 is 1. The predicted octanol–water partition coefficient (Wildman–Crippen LogP) is 2.16. The van der Waals surface area contributed by atoms with Gasteiger partial charge < -0.3 is 15.0 Å². The van der Waals surface area contributed by atoms with E-state index in [0.717, 1.165) is 0 Å². The minimum absolute atomic E-state index is 0.0455. The molecule has 19 heavy (non-hydrogen) atoms. The fourth-order valence-electron chi connectivity index (χ4n) is 1.64. The zero-order valence-corrected chi connectivity index (χ0v) is 10.1. The lowest BCUT2D eigenvalue weighted by atomic mass is 10.1. The Hall–Kier alpha value is -2.83. The fraction of sp³-hybridized carbons (Fsp3) is 0.0833. The number of hydrogen-bond acceptors (Lipinski definition) is 6. The molecule has 0 amide bonds. The Kier molecular flexibility index (Phi) is 3.46. The van der Waals surface area contributed by atoms with E-state index in [9.17, 15) is 10.1 Å². The van der Waals surface area contributed by atoms with Crippen LogP contribution in [0.5, 0.6) is 5.75 Å². The van der Waals surface area contributed by atoms with Gasteiger partial charge >= 0.3 is 0 Å². The molecule has 2 aromatic rings. The number of furan rings is 1. The number of ether oxygens (including phenoxy) is 1. The lowest BCUT2D eigenvalue weighted by Crippen LogP contribution is -1.92. The molecule has 0 aliphatic carbocycles. The third kappa shape index (κ3) is 2.54. The fourth-order valence-corrected chi connectivity index (χ4v) is 1.64. The monoisotopic (exact) mass is 261 g/mol. The number of non-ortho nitro benzene ring substituents is 1. The van der Waals surface area contributed by atoms with Gasteiger partial charge in [-0.1, -0.05) is 0 Å². The largest absolute Gasteiger partial charge is 0.496 e. The molecule has 2 rings (SSSR count). The predicted molar refractivity (Wildman–Crippen MR) is 69.1 cm³/mol. The standard InChI is InChI=1S/C12H11N3O4/c1-18-12-6-8(15(16)17)2-4-10(12)11-5-3-9(19-11)7-14-13/h2-7H,13H2,1H3. The molecule has 1 aromatic heterocycles. The summed E-state index contributed by atoms with van der Waals surface area (Å²) in [4.78, 5) is 10.2. The molecule has 98 valence electrons. The second-order valence-electron chi connectivity index (χ2n) is 3.62. The summed E-state index contributed by atoms with van der Waals surface area (Å²) in [5, 5.41) is 14.1. The van der Waals surface area contributed by atoms with Gasteiger partial charge in [0.1, 0.15) is 17.3 Å². The second kappa shape index (κ2) is 5.21. The van der Waals surface area contributed by atoms with Gasteiger partial charge in [-0.15, -0.1) is 0 Å². The van der Waals surface area contributed by atoms with Crippen LogP contribution in [0.25, 0.3) is 11.3 Å². The van der Waals surface area contributed by atoms with Crippen LogP contribution in [0.4, 0.5) is 5.69 Å². The first-order chi connectivity index (χ1) is 9.15. The van der Waals surface area contributed by atoms with Crippen LogP contribution in [0.1, 0.15) is 5.76 Å². The van der Waals surface area contributed by atoms with Gasteiger partial charge in [-0.3, -0.25) is 10.1 Å². The van der Waals surface area contributed by atoms with Crippen molar-refractivity contribution in [1.82, 2.24) is 0 Å². The minimum Gasteiger partial charge on any atom is -0.496 e. The third-order valence-corrected chi connectivity index (χ3v) is 2.49. The van der Waals surface area contributed by atoms with Crippen LogP contribution in [0.15, 0.2) is 39.9 Å². The SMILES string of the molecule is COc1cc([N+](=O)[O-])ccc1-c1ccc(C=NN)o1. The zero-order chi connectivity index (χ0) is 13.8. The van der Waals surface area contributed by atoms with Gasteiger partial charge in [-0.25, -0.2) is 0 Å². The lowest BCUT2D eigenvalue weighted by Gasteiger charge is -2.05. The highest BCUT2D eigenvalue weighted by molar-refractivity contribution is 5.78. The van der Waals surface area contributed by atoms with Crippen LogP contribution in [-0.2, 0) is 0 Å². The van der Waals surface area contributed by atoms with E-state index in [4.69, 9.17) is 15.0 Å². The van der Waals surface area contributed by atoms with Crippen LogP contribution in [0.2, 0.25) is 0 Å². The van der Waals surface area contributed by atoms with Crippen molar-refractivity contribution in [2.24, 2.45) is 10.9 Å². The molecule has 7 nitrogen and oxygen atoms in total. The summed E-state index contributed by atoms with van der Waals surface area (Å²) in [6.45, 7) is 0. The van der Waals surface area contributed by atoms with E-state index < -0.39 is 4.92 Å². The Balaban J connectivity index is 2.45. The van der Waals surface area contributed by atoms with Crippen molar-refractivity contribution < 1.29 is 14.1 Å². The topological polar surface area (TPSA) is 104 Å². The van der Waals surface area contributed by atoms with Crippen molar-refractivity contribution in [3.05, 3.63) is 46.2 Å². The van der Waals surface area contributed by atoms with Crippen molar-refractivity contribution >= 4 is 11.9 Å². The van der Waals surface area contributed by atoms with Crippen LogP contribution in [0.3, 0.4) is 0 Å². The number of nitrogens with zero attached hydrogens (tertiary/aromatic N) is 2. The summed E-state index contributed by atoms with van der Waals surface area (Å²) in [5.74, 6) is 6.39. The van der Waals surface area contributed by atoms with Gasteiger partial charge in [0, 0.05) is 6.07 Å². The molecule has 0 fully saturated rings. The summed E-state index contributed by atoms with van der Waals surface area (Å²) in [5.41, 5.74) is 0.570. The molecule has 0 radical (unpaired) electrons. The Morgan fingerprint density at radius 1 is 1.42 bits per heavy atom. The highest BCUT2D eigenvalue weighted by Gasteiger charge is 2.14. The van der Waals surface area contributed by atoms with E-state index in [2.05, 4.69) is 5.10 Å². The first-order valence-corrected chi connectivity index (χ1v) is 5.31. The normalized spacial score (nSPS) is 10.8. The average Bonchev–Trinajstić information content (AvgIpc) is 2.86. The molecule has 0 bridgehead atoms. The van der Waals surface area contributed by atoms with Gasteiger partial charge in [0.25, 0.3) is 5.69 Å². The number of hydrogen-bond donors (Lipinski definition) is 1. The van der Waals surface area contributed by atoms with Gasteiger partial charge in [0.2, 0.25) is 0 Å². The molecule has 0 aliphatic rings. The molecule has 1 aromatic carbocycles. The maximum atomic E-state index is 10.7. The first kappa shape index (κ1) is 12.6. The quantitative estimate of drug-likeness (QED) is 0.393. The Bertz CT molecular complexity index is 634. The van der Waals surface area contributed by atoms with Gasteiger partial charge in [0.05, 0.1) is 29.9 Å². The number of benzene rings is 1. The Morgan fingerprint density at radius 2 is 2.21 bits per heavy atom. The molecule has 2 N–H and O–H groups in total. The molecular weight excluding hydrogens is 250 g/mol. The average molecular weight is 261 g/mol. The molecule has 0 atom stereocenters. The van der Waals surface area contributed by atoms with E-state index in [1.54, 1.807) is 18.2 Å². The Morgan fingerprint density at radius 3 is 2.84 bits per heavy atom. The van der Waals surface area contributed by atoms with E-state index in [-0.39, 0.29) is 5.69 Å². The molecule has 0 saturated carbocycles. The minimum atomic E-state index is -0.485. The molecule has 0 aliphatic heterocycles. The van der Waals surface area contributed by atoms with E-state index in [0.29, 0.717) is 22.8 Å². The number of nitro groups is 1. The van der Waals surface area contributed by atoms with Crippen molar-refractivity contribution in [2.45, 2.75) is 0 Å². The summed E-state index contributed by atoms with van der Waals surface area (Å²) in [6, 6.07) is 7.69. The molecule has 7 heteroatoms. The summed E-state index contributed by atoms with van der Waals surface area (Å²) in [7, 11) is 1.44. The third-order valence-electron chi connectivity index (χ3n) is 2.49. The summed E-state index contributed by atoms with van der Waals surface area (Å²) < 4.78 is 10.6. The lowest BCUT2D eigenvalue weighted by molar-refractivity contribution is -0.384. The smallest absolute Gasteiger partial charge is 0.273 e. The maximum absolute atomic E-state index is 10.7. The van der Waals surface area contributed by atoms with Crippen LogP contribution >= 0.6 is 0 Å². The number of rotatable bonds is 4. The molecule has 1 heterocycles. The maximum Gasteiger partial charge on any atom is 0.273 e.